The molecule has 1 aliphatic heterocycles. The summed E-state index contributed by atoms with van der Waals surface area (Å²) < 4.78 is 27.1. The minimum atomic E-state index is -1.86. The molecule has 0 bridgehead atoms. The van der Waals surface area contributed by atoms with Crippen LogP contribution < -0.4 is 19.6 Å². The molecule has 13 heteroatoms. The van der Waals surface area contributed by atoms with Gasteiger partial charge in [-0.25, -0.2) is 0 Å². The van der Waals surface area contributed by atoms with Gasteiger partial charge in [-0.15, -0.1) is 0 Å². The first-order valence-electron chi connectivity index (χ1n) is 10.6. The van der Waals surface area contributed by atoms with Gasteiger partial charge in [0.05, 0.1) is 20.8 Å². The molecule has 194 valence electrons. The highest BCUT2D eigenvalue weighted by Crippen LogP contribution is 2.44. The second-order valence-electron chi connectivity index (χ2n) is 7.94. The van der Waals surface area contributed by atoms with Crippen molar-refractivity contribution in [2.24, 2.45) is 0 Å². The van der Waals surface area contributed by atoms with E-state index in [0.717, 1.165) is 12.1 Å². The third kappa shape index (κ3) is 4.12. The number of hydrogen-bond donors (Lipinski definition) is 7. The summed E-state index contributed by atoms with van der Waals surface area (Å²) in [4.78, 5) is 13.6. The van der Waals surface area contributed by atoms with Crippen LogP contribution in [0.1, 0.15) is 0 Å². The molecule has 0 amide bonds. The van der Waals surface area contributed by atoms with Crippen LogP contribution in [-0.4, -0.2) is 87.3 Å². The van der Waals surface area contributed by atoms with E-state index in [4.69, 9.17) is 23.4 Å². The van der Waals surface area contributed by atoms with Crippen molar-refractivity contribution in [3.8, 4) is 45.8 Å². The lowest BCUT2D eigenvalue weighted by Crippen LogP contribution is -2.60. The number of ether oxygens (including phenoxy) is 4. The van der Waals surface area contributed by atoms with E-state index in [1.807, 2.05) is 0 Å². The van der Waals surface area contributed by atoms with Crippen LogP contribution in [0.15, 0.2) is 33.5 Å². The summed E-state index contributed by atoms with van der Waals surface area (Å²) in [5.41, 5.74) is -1.09. The van der Waals surface area contributed by atoms with E-state index in [0.29, 0.717) is 0 Å². The fourth-order valence-corrected chi connectivity index (χ4v) is 3.87. The largest absolute Gasteiger partial charge is 0.504 e. The Kier molecular flexibility index (Phi) is 6.84. The van der Waals surface area contributed by atoms with Gasteiger partial charge in [0, 0.05) is 11.6 Å². The summed E-state index contributed by atoms with van der Waals surface area (Å²) in [5.74, 6) is -2.73. The van der Waals surface area contributed by atoms with Crippen LogP contribution in [0.5, 0.6) is 34.5 Å². The second kappa shape index (κ2) is 9.72. The van der Waals surface area contributed by atoms with Crippen LogP contribution >= 0.6 is 0 Å². The Balaban J connectivity index is 1.96. The fourth-order valence-electron chi connectivity index (χ4n) is 3.87. The van der Waals surface area contributed by atoms with E-state index >= 15 is 0 Å². The summed E-state index contributed by atoms with van der Waals surface area (Å²) in [5, 5.41) is 70.0. The Morgan fingerprint density at radius 2 is 1.64 bits per heavy atom. The number of benzene rings is 2. The van der Waals surface area contributed by atoms with Gasteiger partial charge in [-0.05, 0) is 18.2 Å². The van der Waals surface area contributed by atoms with E-state index < -0.39 is 65.7 Å². The number of phenolic OH excluding ortho intramolecular Hbond substituents is 3. The summed E-state index contributed by atoms with van der Waals surface area (Å²) >= 11 is 0. The lowest BCUT2D eigenvalue weighted by Gasteiger charge is -2.39. The van der Waals surface area contributed by atoms with Gasteiger partial charge in [0.1, 0.15) is 35.4 Å². The van der Waals surface area contributed by atoms with Crippen LogP contribution in [0.25, 0.3) is 22.3 Å². The SMILES string of the molecule is COc1cc2oc(-c3ccc(O)c(O)c3)c(O[C@H]3O[C@H](CO)[C@H](O)[C@H](O)[C@H]3O)c(=O)c2c(O)c1OC. The van der Waals surface area contributed by atoms with Crippen molar-refractivity contribution in [3.05, 3.63) is 34.5 Å². The monoisotopic (exact) mass is 508 g/mol. The predicted molar refractivity (Wildman–Crippen MR) is 120 cm³/mol. The standard InChI is InChI=1S/C23H24O13/c1-32-12-6-11-14(16(28)21(12)33-2)17(29)22(20(34-11)8-3-4-9(25)10(26)5-8)36-23-19(31)18(30)15(27)13(7-24)35-23/h3-6,13,15,18-19,23-28,30-31H,7H2,1-2H3/t13-,15+,18+,19-,23-/m1/s1. The molecule has 4 rings (SSSR count). The van der Waals surface area contributed by atoms with Gasteiger partial charge < -0.3 is 59.1 Å². The highest BCUT2D eigenvalue weighted by atomic mass is 16.7. The Hall–Kier alpha value is -3.75. The molecule has 13 nitrogen and oxygen atoms in total. The molecule has 0 radical (unpaired) electrons. The van der Waals surface area contributed by atoms with Gasteiger partial charge in [-0.2, -0.15) is 0 Å². The first-order valence-corrected chi connectivity index (χ1v) is 10.6. The van der Waals surface area contributed by atoms with Gasteiger partial charge >= 0.3 is 0 Å². The van der Waals surface area contributed by atoms with Crippen LogP contribution in [0.4, 0.5) is 0 Å². The normalized spacial score (nSPS) is 24.0. The zero-order valence-corrected chi connectivity index (χ0v) is 19.0. The van der Waals surface area contributed by atoms with E-state index in [9.17, 15) is 40.5 Å². The molecule has 5 atom stereocenters. The van der Waals surface area contributed by atoms with Crippen molar-refractivity contribution in [2.45, 2.75) is 30.7 Å². The summed E-state index contributed by atoms with van der Waals surface area (Å²) in [6.45, 7) is -0.742. The van der Waals surface area contributed by atoms with Crippen LogP contribution in [0.3, 0.4) is 0 Å². The van der Waals surface area contributed by atoms with Crippen molar-refractivity contribution >= 4 is 11.0 Å². The Morgan fingerprint density at radius 1 is 0.917 bits per heavy atom. The lowest BCUT2D eigenvalue weighted by molar-refractivity contribution is -0.277. The zero-order chi connectivity index (χ0) is 26.3. The van der Waals surface area contributed by atoms with Gasteiger partial charge in [0.25, 0.3) is 0 Å². The topological polar surface area (TPSA) is 209 Å². The number of aromatic hydroxyl groups is 3. The lowest BCUT2D eigenvalue weighted by atomic mass is 9.99. The van der Waals surface area contributed by atoms with Gasteiger partial charge in [0.15, 0.2) is 28.8 Å². The number of aliphatic hydroxyl groups excluding tert-OH is 4. The molecule has 0 aliphatic carbocycles. The molecule has 0 spiro atoms. The maximum atomic E-state index is 13.6. The number of hydrogen-bond acceptors (Lipinski definition) is 13. The second-order valence-corrected chi connectivity index (χ2v) is 7.94. The van der Waals surface area contributed by atoms with Crippen LogP contribution in [0, 0.1) is 0 Å². The van der Waals surface area contributed by atoms with Gasteiger partial charge in [-0.3, -0.25) is 4.79 Å². The van der Waals surface area contributed by atoms with Crippen molar-refractivity contribution in [1.82, 2.24) is 0 Å². The first-order chi connectivity index (χ1) is 17.1. The molecule has 2 aromatic carbocycles. The number of aliphatic hydroxyl groups is 4. The first kappa shape index (κ1) is 25.3. The molecule has 2 heterocycles. The molecule has 1 fully saturated rings. The van der Waals surface area contributed by atoms with E-state index in [1.165, 1.54) is 26.4 Å². The van der Waals surface area contributed by atoms with Crippen molar-refractivity contribution in [3.63, 3.8) is 0 Å². The number of fused-ring (bicyclic) bond motifs is 1. The average molecular weight is 508 g/mol. The summed E-state index contributed by atoms with van der Waals surface area (Å²) in [6.07, 6.45) is -8.44. The Morgan fingerprint density at radius 3 is 2.25 bits per heavy atom. The smallest absolute Gasteiger partial charge is 0.239 e. The fraction of sp³-hybridized carbons (Fsp3) is 0.348. The highest BCUT2D eigenvalue weighted by Gasteiger charge is 2.45. The maximum absolute atomic E-state index is 13.6. The Labute approximate surface area is 202 Å². The average Bonchev–Trinajstić information content (AvgIpc) is 2.86. The molecular formula is C23H24O13. The molecule has 36 heavy (non-hydrogen) atoms. The third-order valence-corrected chi connectivity index (χ3v) is 5.78. The molecule has 1 saturated heterocycles. The number of methoxy groups -OCH3 is 2. The molecule has 1 aliphatic rings. The minimum Gasteiger partial charge on any atom is -0.504 e. The van der Waals surface area contributed by atoms with Crippen LogP contribution in [0.2, 0.25) is 0 Å². The zero-order valence-electron chi connectivity index (χ0n) is 19.0. The van der Waals surface area contributed by atoms with Gasteiger partial charge in [0.2, 0.25) is 23.2 Å². The van der Waals surface area contributed by atoms with Crippen molar-refractivity contribution in [2.75, 3.05) is 20.8 Å². The predicted octanol–water partition coefficient (Wildman–Crippen LogP) is -0.227. The molecule has 3 aromatic rings. The third-order valence-electron chi connectivity index (χ3n) is 5.78. The summed E-state index contributed by atoms with van der Waals surface area (Å²) in [6, 6.07) is 4.76. The highest BCUT2D eigenvalue weighted by molar-refractivity contribution is 5.91. The van der Waals surface area contributed by atoms with Crippen molar-refractivity contribution in [1.29, 1.82) is 0 Å². The number of rotatable bonds is 6. The molecule has 0 unspecified atom stereocenters. The maximum Gasteiger partial charge on any atom is 0.239 e. The van der Waals surface area contributed by atoms with Crippen LogP contribution in [-0.2, 0) is 4.74 Å². The van der Waals surface area contributed by atoms with E-state index in [-0.39, 0.29) is 33.8 Å². The Bertz CT molecular complexity index is 1330. The van der Waals surface area contributed by atoms with E-state index in [2.05, 4.69) is 0 Å². The molecular weight excluding hydrogens is 484 g/mol. The number of phenols is 3. The molecule has 0 saturated carbocycles. The quantitative estimate of drug-likeness (QED) is 0.215. The molecule has 1 aromatic heterocycles. The molecule has 7 N–H and O–H groups in total. The minimum absolute atomic E-state index is 0.0350. The summed E-state index contributed by atoms with van der Waals surface area (Å²) in [7, 11) is 2.54. The van der Waals surface area contributed by atoms with E-state index in [1.54, 1.807) is 0 Å². The van der Waals surface area contributed by atoms with Crippen molar-refractivity contribution < 1.29 is 59.1 Å². The van der Waals surface area contributed by atoms with Gasteiger partial charge in [-0.1, -0.05) is 0 Å².